The minimum Gasteiger partial charge on any atom is -0.355 e. The van der Waals surface area contributed by atoms with Gasteiger partial charge in [0, 0.05) is 18.0 Å². The van der Waals surface area contributed by atoms with Gasteiger partial charge in [-0.1, -0.05) is 23.7 Å². The molecular weight excluding hydrogens is 333 g/mol. The second kappa shape index (κ2) is 7.21. The summed E-state index contributed by atoms with van der Waals surface area (Å²) in [4.78, 5) is 23.3. The zero-order chi connectivity index (χ0) is 17.0. The Morgan fingerprint density at radius 3 is 2.52 bits per heavy atom. The molecule has 1 aromatic carbocycles. The van der Waals surface area contributed by atoms with Crippen molar-refractivity contribution < 1.29 is 22.8 Å². The largest absolute Gasteiger partial charge is 0.391 e. The van der Waals surface area contributed by atoms with Crippen LogP contribution in [0.3, 0.4) is 0 Å². The summed E-state index contributed by atoms with van der Waals surface area (Å²) in [5, 5.41) is 5.39. The second-order valence-electron chi connectivity index (χ2n) is 5.47. The molecule has 0 aromatic heterocycles. The number of amides is 2. The van der Waals surface area contributed by atoms with Gasteiger partial charge in [0.2, 0.25) is 11.8 Å². The zero-order valence-corrected chi connectivity index (χ0v) is 12.9. The lowest BCUT2D eigenvalue weighted by Crippen LogP contribution is -2.44. The highest BCUT2D eigenvalue weighted by atomic mass is 35.5. The summed E-state index contributed by atoms with van der Waals surface area (Å²) in [6.45, 7) is 0.143. The molecule has 2 N–H and O–H groups in total. The maximum Gasteiger partial charge on any atom is 0.391 e. The molecule has 0 saturated carbocycles. The molecule has 1 aliphatic heterocycles. The Bertz CT molecular complexity index is 565. The van der Waals surface area contributed by atoms with Crippen LogP contribution in [0.4, 0.5) is 13.2 Å². The third-order valence-corrected chi connectivity index (χ3v) is 3.91. The molecule has 1 aliphatic rings. The molecular formula is C15H16ClF3N2O2. The van der Waals surface area contributed by atoms with Crippen molar-refractivity contribution in [3.63, 3.8) is 0 Å². The summed E-state index contributed by atoms with van der Waals surface area (Å²) in [5.41, 5.74) is 0.333. The third-order valence-electron chi connectivity index (χ3n) is 3.66. The average molecular weight is 349 g/mol. The molecule has 2 atom stereocenters. The highest BCUT2D eigenvalue weighted by molar-refractivity contribution is 6.30. The first-order chi connectivity index (χ1) is 10.7. The Morgan fingerprint density at radius 2 is 2.00 bits per heavy atom. The molecule has 1 fully saturated rings. The van der Waals surface area contributed by atoms with Gasteiger partial charge in [-0.05, 0) is 24.1 Å². The van der Waals surface area contributed by atoms with Crippen molar-refractivity contribution in [2.45, 2.75) is 31.5 Å². The highest BCUT2D eigenvalue weighted by Gasteiger charge is 2.35. The van der Waals surface area contributed by atoms with Gasteiger partial charge in [0.1, 0.15) is 0 Å². The molecule has 4 nitrogen and oxygen atoms in total. The van der Waals surface area contributed by atoms with E-state index in [1.807, 2.05) is 0 Å². The summed E-state index contributed by atoms with van der Waals surface area (Å²) in [6, 6.07) is 4.70. The predicted molar refractivity (Wildman–Crippen MR) is 78.7 cm³/mol. The van der Waals surface area contributed by atoms with Crippen molar-refractivity contribution in [2.24, 2.45) is 5.92 Å². The number of carbonyl (C=O) groups is 2. The average Bonchev–Trinajstić information content (AvgIpc) is 2.46. The fourth-order valence-corrected chi connectivity index (χ4v) is 2.55. The van der Waals surface area contributed by atoms with Crippen LogP contribution in [0.1, 0.15) is 30.9 Å². The van der Waals surface area contributed by atoms with E-state index in [-0.39, 0.29) is 18.9 Å². The second-order valence-corrected chi connectivity index (χ2v) is 5.91. The molecule has 23 heavy (non-hydrogen) atoms. The van der Waals surface area contributed by atoms with E-state index in [0.717, 1.165) is 0 Å². The van der Waals surface area contributed by atoms with Crippen LogP contribution >= 0.6 is 11.6 Å². The van der Waals surface area contributed by atoms with Crippen molar-refractivity contribution in [2.75, 3.05) is 6.54 Å². The van der Waals surface area contributed by atoms with Crippen molar-refractivity contribution in [3.05, 3.63) is 34.9 Å². The van der Waals surface area contributed by atoms with Crippen LogP contribution in [0.2, 0.25) is 5.02 Å². The molecule has 8 heteroatoms. The minimum absolute atomic E-state index is 0.143. The summed E-state index contributed by atoms with van der Waals surface area (Å²) < 4.78 is 38.3. The first kappa shape index (κ1) is 17.6. The smallest absolute Gasteiger partial charge is 0.355 e. The Kier molecular flexibility index (Phi) is 5.51. The van der Waals surface area contributed by atoms with Crippen molar-refractivity contribution in [3.8, 4) is 0 Å². The number of alkyl halides is 3. The Hall–Kier alpha value is -1.76. The Labute approximate surface area is 136 Å². The van der Waals surface area contributed by atoms with Crippen molar-refractivity contribution >= 4 is 23.4 Å². The van der Waals surface area contributed by atoms with Crippen LogP contribution in [-0.2, 0) is 9.59 Å². The van der Waals surface area contributed by atoms with Crippen LogP contribution < -0.4 is 10.6 Å². The maximum absolute atomic E-state index is 12.8. The van der Waals surface area contributed by atoms with Gasteiger partial charge in [0.25, 0.3) is 0 Å². The molecule has 1 heterocycles. The first-order valence-electron chi connectivity index (χ1n) is 7.14. The third kappa shape index (κ3) is 5.42. The molecule has 2 rings (SSSR count). The number of benzene rings is 1. The molecule has 0 radical (unpaired) electrons. The summed E-state index contributed by atoms with van der Waals surface area (Å²) in [6.07, 6.45) is -5.06. The highest BCUT2D eigenvalue weighted by Crippen LogP contribution is 2.30. The number of hydrogen-bond acceptors (Lipinski definition) is 2. The number of hydrogen-bond donors (Lipinski definition) is 2. The van der Waals surface area contributed by atoms with E-state index in [0.29, 0.717) is 17.0 Å². The lowest BCUT2D eigenvalue weighted by atomic mass is 9.96. The predicted octanol–water partition coefficient (Wildman–Crippen LogP) is 2.98. The normalized spacial score (nSPS) is 19.8. The SMILES string of the molecule is O=C1CC[C@H](C(=O)N[C@H](CC(F)(F)F)c2ccc(Cl)cc2)CN1. The number of nitrogens with one attached hydrogen (secondary N) is 2. The summed E-state index contributed by atoms with van der Waals surface area (Å²) in [7, 11) is 0. The molecule has 0 bridgehead atoms. The number of carbonyl (C=O) groups excluding carboxylic acids is 2. The topological polar surface area (TPSA) is 58.2 Å². The van der Waals surface area contributed by atoms with Crippen LogP contribution in [0.25, 0.3) is 0 Å². The van der Waals surface area contributed by atoms with Crippen LogP contribution in [0, 0.1) is 5.92 Å². The summed E-state index contributed by atoms with van der Waals surface area (Å²) >= 11 is 5.74. The van der Waals surface area contributed by atoms with E-state index in [1.165, 1.54) is 24.3 Å². The number of piperidine rings is 1. The zero-order valence-electron chi connectivity index (χ0n) is 12.1. The molecule has 126 valence electrons. The van der Waals surface area contributed by atoms with E-state index >= 15 is 0 Å². The van der Waals surface area contributed by atoms with Gasteiger partial charge in [0.15, 0.2) is 0 Å². The van der Waals surface area contributed by atoms with E-state index < -0.39 is 30.5 Å². The van der Waals surface area contributed by atoms with Crippen molar-refractivity contribution in [1.82, 2.24) is 10.6 Å². The minimum atomic E-state index is -4.42. The van der Waals surface area contributed by atoms with Crippen LogP contribution in [0.15, 0.2) is 24.3 Å². The molecule has 0 unspecified atom stereocenters. The molecule has 1 aromatic rings. The lowest BCUT2D eigenvalue weighted by molar-refractivity contribution is -0.143. The fraction of sp³-hybridized carbons (Fsp3) is 0.467. The van der Waals surface area contributed by atoms with Gasteiger partial charge in [-0.25, -0.2) is 0 Å². The number of halogens is 4. The van der Waals surface area contributed by atoms with Gasteiger partial charge in [-0.2, -0.15) is 13.2 Å². The van der Waals surface area contributed by atoms with Gasteiger partial charge in [0.05, 0.1) is 18.4 Å². The van der Waals surface area contributed by atoms with Crippen LogP contribution in [-0.4, -0.2) is 24.5 Å². The quantitative estimate of drug-likeness (QED) is 0.879. The van der Waals surface area contributed by atoms with E-state index in [2.05, 4.69) is 10.6 Å². The van der Waals surface area contributed by atoms with E-state index in [1.54, 1.807) is 0 Å². The molecule has 2 amide bonds. The van der Waals surface area contributed by atoms with Gasteiger partial charge < -0.3 is 10.6 Å². The van der Waals surface area contributed by atoms with E-state index in [9.17, 15) is 22.8 Å². The maximum atomic E-state index is 12.8. The Balaban J connectivity index is 2.09. The molecule has 0 aliphatic carbocycles. The fourth-order valence-electron chi connectivity index (χ4n) is 2.42. The van der Waals surface area contributed by atoms with Gasteiger partial charge >= 0.3 is 6.18 Å². The lowest BCUT2D eigenvalue weighted by Gasteiger charge is -2.26. The molecule has 1 saturated heterocycles. The van der Waals surface area contributed by atoms with E-state index in [4.69, 9.17) is 11.6 Å². The van der Waals surface area contributed by atoms with Gasteiger partial charge in [-0.3, -0.25) is 9.59 Å². The molecule has 0 spiro atoms. The van der Waals surface area contributed by atoms with Gasteiger partial charge in [-0.15, -0.1) is 0 Å². The Morgan fingerprint density at radius 1 is 1.35 bits per heavy atom. The monoisotopic (exact) mass is 348 g/mol. The van der Waals surface area contributed by atoms with Crippen molar-refractivity contribution in [1.29, 1.82) is 0 Å². The number of rotatable bonds is 4. The standard InChI is InChI=1S/C15H16ClF3N2O2/c16-11-4-1-9(2-5-11)12(7-15(17,18)19)21-14(23)10-3-6-13(22)20-8-10/h1-2,4-5,10,12H,3,6-8H2,(H,20,22)(H,21,23)/t10-,12+/m0/s1. The first-order valence-corrected chi connectivity index (χ1v) is 7.51. The van der Waals surface area contributed by atoms with Crippen LogP contribution in [0.5, 0.6) is 0 Å². The summed E-state index contributed by atoms with van der Waals surface area (Å²) in [5.74, 6) is -1.16.